The summed E-state index contributed by atoms with van der Waals surface area (Å²) in [6, 6.07) is 8.87. The highest BCUT2D eigenvalue weighted by Crippen LogP contribution is 2.20. The van der Waals surface area contributed by atoms with E-state index in [0.717, 1.165) is 16.8 Å². The summed E-state index contributed by atoms with van der Waals surface area (Å²) < 4.78 is 5.19. The van der Waals surface area contributed by atoms with E-state index < -0.39 is 0 Å². The van der Waals surface area contributed by atoms with Gasteiger partial charge in [0, 0.05) is 49.1 Å². The van der Waals surface area contributed by atoms with Crippen LogP contribution in [0.15, 0.2) is 47.2 Å². The second kappa shape index (κ2) is 8.22. The van der Waals surface area contributed by atoms with E-state index in [1.807, 2.05) is 6.92 Å². The summed E-state index contributed by atoms with van der Waals surface area (Å²) in [5.74, 6) is 0.567. The predicted octanol–water partition coefficient (Wildman–Crippen LogP) is 2.97. The molecule has 1 aromatic carbocycles. The molecule has 2 aromatic heterocycles. The van der Waals surface area contributed by atoms with Crippen molar-refractivity contribution < 1.29 is 14.1 Å². The van der Waals surface area contributed by atoms with Crippen LogP contribution in [0.1, 0.15) is 24.8 Å². The Morgan fingerprint density at radius 2 is 1.89 bits per heavy atom. The zero-order chi connectivity index (χ0) is 19.2. The van der Waals surface area contributed by atoms with E-state index in [0.29, 0.717) is 23.8 Å². The summed E-state index contributed by atoms with van der Waals surface area (Å²) in [7, 11) is 0. The molecule has 0 atom stereocenters. The van der Waals surface area contributed by atoms with Gasteiger partial charge in [-0.05, 0) is 42.8 Å². The molecule has 0 aliphatic heterocycles. The SMILES string of the molecule is CC(=O)Nc1ccc(NC(=O)CCc2nc(-c3ccncc3)no2)cc1C. The van der Waals surface area contributed by atoms with Gasteiger partial charge in [0.15, 0.2) is 0 Å². The van der Waals surface area contributed by atoms with E-state index in [9.17, 15) is 9.59 Å². The molecule has 0 aliphatic carbocycles. The van der Waals surface area contributed by atoms with Crippen molar-refractivity contribution >= 4 is 23.2 Å². The lowest BCUT2D eigenvalue weighted by Gasteiger charge is -2.10. The molecule has 2 amide bonds. The Hall–Kier alpha value is -3.55. The molecule has 0 spiro atoms. The van der Waals surface area contributed by atoms with Crippen molar-refractivity contribution in [1.29, 1.82) is 0 Å². The number of rotatable bonds is 6. The lowest BCUT2D eigenvalue weighted by Crippen LogP contribution is -2.13. The van der Waals surface area contributed by atoms with Crippen molar-refractivity contribution in [2.24, 2.45) is 0 Å². The largest absolute Gasteiger partial charge is 0.339 e. The summed E-state index contributed by atoms with van der Waals surface area (Å²) in [6.45, 7) is 3.31. The second-order valence-corrected chi connectivity index (χ2v) is 6.01. The molecule has 0 saturated heterocycles. The van der Waals surface area contributed by atoms with Crippen molar-refractivity contribution in [3.8, 4) is 11.4 Å². The molecule has 3 aromatic rings. The molecule has 0 radical (unpaired) electrons. The van der Waals surface area contributed by atoms with Crippen molar-refractivity contribution in [3.05, 3.63) is 54.2 Å². The molecular weight excluding hydrogens is 346 g/mol. The smallest absolute Gasteiger partial charge is 0.227 e. The van der Waals surface area contributed by atoms with E-state index in [2.05, 4.69) is 25.8 Å². The van der Waals surface area contributed by atoms with Gasteiger partial charge in [0.05, 0.1) is 0 Å². The first-order valence-corrected chi connectivity index (χ1v) is 8.42. The Morgan fingerprint density at radius 1 is 1.11 bits per heavy atom. The first-order chi connectivity index (χ1) is 13.0. The zero-order valence-corrected chi connectivity index (χ0v) is 15.0. The minimum atomic E-state index is -0.162. The van der Waals surface area contributed by atoms with Gasteiger partial charge in [0.1, 0.15) is 0 Å². The monoisotopic (exact) mass is 365 g/mol. The van der Waals surface area contributed by atoms with Crippen molar-refractivity contribution in [1.82, 2.24) is 15.1 Å². The Bertz CT molecular complexity index is 953. The van der Waals surface area contributed by atoms with Crippen LogP contribution in [-0.2, 0) is 16.0 Å². The highest BCUT2D eigenvalue weighted by atomic mass is 16.5. The van der Waals surface area contributed by atoms with E-state index in [1.165, 1.54) is 6.92 Å². The van der Waals surface area contributed by atoms with Crippen LogP contribution in [0.25, 0.3) is 11.4 Å². The maximum atomic E-state index is 12.2. The number of hydrogen-bond acceptors (Lipinski definition) is 6. The maximum Gasteiger partial charge on any atom is 0.227 e. The third-order valence-electron chi connectivity index (χ3n) is 3.79. The van der Waals surface area contributed by atoms with Crippen molar-refractivity contribution in [2.45, 2.75) is 26.7 Å². The predicted molar refractivity (Wildman–Crippen MR) is 100.0 cm³/mol. The molecule has 138 valence electrons. The van der Waals surface area contributed by atoms with Gasteiger partial charge in [-0.3, -0.25) is 14.6 Å². The molecule has 3 rings (SSSR count). The lowest BCUT2D eigenvalue weighted by molar-refractivity contribution is -0.116. The topological polar surface area (TPSA) is 110 Å². The third-order valence-corrected chi connectivity index (χ3v) is 3.79. The fourth-order valence-corrected chi connectivity index (χ4v) is 2.49. The van der Waals surface area contributed by atoms with E-state index >= 15 is 0 Å². The lowest BCUT2D eigenvalue weighted by atomic mass is 10.1. The van der Waals surface area contributed by atoms with Gasteiger partial charge in [-0.2, -0.15) is 4.98 Å². The van der Waals surface area contributed by atoms with Crippen molar-refractivity contribution in [3.63, 3.8) is 0 Å². The standard InChI is InChI=1S/C19H19N5O3/c1-12-11-15(3-4-16(12)21-13(2)25)22-17(26)5-6-18-23-19(24-27-18)14-7-9-20-10-8-14/h3-4,7-11H,5-6H2,1-2H3,(H,21,25)(H,22,26). The number of anilines is 2. The summed E-state index contributed by atoms with van der Waals surface area (Å²) in [5.41, 5.74) is 3.05. The molecule has 8 nitrogen and oxygen atoms in total. The summed E-state index contributed by atoms with van der Waals surface area (Å²) in [5, 5.41) is 9.47. The fraction of sp³-hybridized carbons (Fsp3) is 0.211. The fourth-order valence-electron chi connectivity index (χ4n) is 2.49. The molecule has 2 heterocycles. The molecule has 0 saturated carbocycles. The molecule has 0 unspecified atom stereocenters. The Morgan fingerprint density at radius 3 is 2.59 bits per heavy atom. The average molecular weight is 365 g/mol. The summed E-state index contributed by atoms with van der Waals surface area (Å²) in [6.07, 6.45) is 3.85. The van der Waals surface area contributed by atoms with Crippen LogP contribution in [0.2, 0.25) is 0 Å². The highest BCUT2D eigenvalue weighted by Gasteiger charge is 2.11. The second-order valence-electron chi connectivity index (χ2n) is 6.01. The van der Waals surface area contributed by atoms with Crippen LogP contribution < -0.4 is 10.6 Å². The number of nitrogens with zero attached hydrogens (tertiary/aromatic N) is 3. The summed E-state index contributed by atoms with van der Waals surface area (Å²) >= 11 is 0. The normalized spacial score (nSPS) is 10.4. The van der Waals surface area contributed by atoms with Gasteiger partial charge in [0.2, 0.25) is 23.5 Å². The van der Waals surface area contributed by atoms with Gasteiger partial charge in [-0.25, -0.2) is 0 Å². The van der Waals surface area contributed by atoms with Crippen LogP contribution in [-0.4, -0.2) is 26.9 Å². The molecule has 2 N–H and O–H groups in total. The van der Waals surface area contributed by atoms with Crippen LogP contribution in [0.5, 0.6) is 0 Å². The van der Waals surface area contributed by atoms with Gasteiger partial charge < -0.3 is 15.2 Å². The average Bonchev–Trinajstić information content (AvgIpc) is 3.12. The number of aryl methyl sites for hydroxylation is 2. The minimum Gasteiger partial charge on any atom is -0.339 e. The quantitative estimate of drug-likeness (QED) is 0.695. The Balaban J connectivity index is 1.55. The molecule has 0 fully saturated rings. The number of hydrogen-bond donors (Lipinski definition) is 2. The third kappa shape index (κ3) is 4.97. The highest BCUT2D eigenvalue weighted by molar-refractivity contribution is 5.93. The first-order valence-electron chi connectivity index (χ1n) is 8.42. The van der Waals surface area contributed by atoms with Crippen LogP contribution in [0.3, 0.4) is 0 Å². The van der Waals surface area contributed by atoms with Crippen LogP contribution in [0.4, 0.5) is 11.4 Å². The van der Waals surface area contributed by atoms with Crippen LogP contribution >= 0.6 is 0 Å². The molecule has 0 bridgehead atoms. The number of amides is 2. The van der Waals surface area contributed by atoms with Gasteiger partial charge in [-0.1, -0.05) is 5.16 Å². The molecule has 8 heteroatoms. The number of pyridine rings is 1. The van der Waals surface area contributed by atoms with Gasteiger partial charge in [-0.15, -0.1) is 0 Å². The number of nitrogens with one attached hydrogen (secondary N) is 2. The number of aromatic nitrogens is 3. The summed E-state index contributed by atoms with van der Waals surface area (Å²) in [4.78, 5) is 31.5. The van der Waals surface area contributed by atoms with Crippen LogP contribution in [0, 0.1) is 6.92 Å². The van der Waals surface area contributed by atoms with E-state index in [-0.39, 0.29) is 18.2 Å². The molecule has 27 heavy (non-hydrogen) atoms. The molecular formula is C19H19N5O3. The molecule has 0 aliphatic rings. The maximum absolute atomic E-state index is 12.2. The Labute approximate surface area is 156 Å². The number of carbonyl (C=O) groups excluding carboxylic acids is 2. The first kappa shape index (κ1) is 18.2. The number of carbonyl (C=O) groups is 2. The van der Waals surface area contributed by atoms with Gasteiger partial charge >= 0.3 is 0 Å². The van der Waals surface area contributed by atoms with Crippen molar-refractivity contribution in [2.75, 3.05) is 10.6 Å². The van der Waals surface area contributed by atoms with E-state index in [1.54, 1.807) is 42.7 Å². The van der Waals surface area contributed by atoms with E-state index in [4.69, 9.17) is 4.52 Å². The van der Waals surface area contributed by atoms with Gasteiger partial charge in [0.25, 0.3) is 0 Å². The zero-order valence-electron chi connectivity index (χ0n) is 15.0. The Kier molecular flexibility index (Phi) is 5.55. The number of benzene rings is 1. The minimum absolute atomic E-state index is 0.138.